The summed E-state index contributed by atoms with van der Waals surface area (Å²) in [7, 11) is 1.51. The van der Waals surface area contributed by atoms with Gasteiger partial charge >= 0.3 is 12.2 Å². The van der Waals surface area contributed by atoms with Crippen LogP contribution in [-0.2, 0) is 11.0 Å². The first-order valence-corrected chi connectivity index (χ1v) is 7.87. The van der Waals surface area contributed by atoms with Crippen LogP contribution >= 0.6 is 0 Å². The SMILES string of the molecule is CC(C)N1CC2=C(C1=O)[C@@H](c1ccccc1C(F)(F)F)NC(=O)N2C. The number of hydrogen-bond donors (Lipinski definition) is 1. The van der Waals surface area contributed by atoms with E-state index in [0.29, 0.717) is 5.70 Å². The number of halogens is 3. The lowest BCUT2D eigenvalue weighted by molar-refractivity contribution is -0.138. The summed E-state index contributed by atoms with van der Waals surface area (Å²) in [5, 5.41) is 2.54. The summed E-state index contributed by atoms with van der Waals surface area (Å²) in [6.07, 6.45) is -4.58. The van der Waals surface area contributed by atoms with Crippen LogP contribution in [-0.4, -0.2) is 41.4 Å². The van der Waals surface area contributed by atoms with Crippen molar-refractivity contribution in [1.29, 1.82) is 0 Å². The first-order valence-electron chi connectivity index (χ1n) is 7.87. The second-order valence-electron chi connectivity index (χ2n) is 6.41. The van der Waals surface area contributed by atoms with Crippen molar-refractivity contribution in [3.8, 4) is 0 Å². The molecule has 1 N–H and O–H groups in total. The summed E-state index contributed by atoms with van der Waals surface area (Å²) in [6, 6.07) is 3.24. The standard InChI is InChI=1S/C17H18F3N3O2/c1-9(2)23-8-12-13(15(23)24)14(21-16(25)22(12)3)10-6-4-5-7-11(10)17(18,19)20/h4-7,9,14H,8H2,1-3H3,(H,21,25)/t14-/m1/s1. The van der Waals surface area contributed by atoms with Gasteiger partial charge in [-0.25, -0.2) is 4.79 Å². The van der Waals surface area contributed by atoms with Crippen molar-refractivity contribution in [3.05, 3.63) is 46.7 Å². The predicted molar refractivity (Wildman–Crippen MR) is 84.4 cm³/mol. The number of likely N-dealkylation sites (N-methyl/N-ethyl adjacent to an activating group) is 1. The number of nitrogens with one attached hydrogen (secondary N) is 1. The summed E-state index contributed by atoms with van der Waals surface area (Å²) in [5.41, 5.74) is -0.327. The van der Waals surface area contributed by atoms with E-state index in [0.717, 1.165) is 6.07 Å². The van der Waals surface area contributed by atoms with Crippen molar-refractivity contribution < 1.29 is 22.8 Å². The Morgan fingerprint density at radius 1 is 1.20 bits per heavy atom. The Bertz CT molecular complexity index is 771. The van der Waals surface area contributed by atoms with Gasteiger partial charge in [0.2, 0.25) is 0 Å². The van der Waals surface area contributed by atoms with E-state index < -0.39 is 23.8 Å². The molecule has 0 aliphatic carbocycles. The third-order valence-corrected chi connectivity index (χ3v) is 4.59. The second kappa shape index (κ2) is 5.79. The molecule has 0 unspecified atom stereocenters. The number of benzene rings is 1. The Kier molecular flexibility index (Phi) is 4.01. The average molecular weight is 353 g/mol. The number of rotatable bonds is 2. The van der Waals surface area contributed by atoms with Gasteiger partial charge in [0.05, 0.1) is 29.4 Å². The van der Waals surface area contributed by atoms with Gasteiger partial charge in [0.1, 0.15) is 0 Å². The van der Waals surface area contributed by atoms with Crippen LogP contribution in [0.25, 0.3) is 0 Å². The highest BCUT2D eigenvalue weighted by atomic mass is 19.4. The molecule has 5 nitrogen and oxygen atoms in total. The molecule has 3 rings (SSSR count). The minimum absolute atomic E-state index is 0.122. The highest BCUT2D eigenvalue weighted by molar-refractivity contribution is 6.01. The third-order valence-electron chi connectivity index (χ3n) is 4.59. The number of urea groups is 1. The zero-order chi connectivity index (χ0) is 18.5. The Labute approximate surface area is 143 Å². The maximum absolute atomic E-state index is 13.4. The van der Waals surface area contributed by atoms with E-state index in [4.69, 9.17) is 0 Å². The summed E-state index contributed by atoms with van der Waals surface area (Å²) in [5.74, 6) is -0.348. The molecule has 0 fully saturated rings. The van der Waals surface area contributed by atoms with E-state index in [1.807, 2.05) is 13.8 Å². The fourth-order valence-electron chi connectivity index (χ4n) is 3.25. The van der Waals surface area contributed by atoms with Gasteiger partial charge in [-0.05, 0) is 25.5 Å². The molecule has 0 spiro atoms. The molecule has 25 heavy (non-hydrogen) atoms. The lowest BCUT2D eigenvalue weighted by Gasteiger charge is -2.32. The van der Waals surface area contributed by atoms with Gasteiger partial charge in [-0.15, -0.1) is 0 Å². The van der Waals surface area contributed by atoms with Gasteiger partial charge in [-0.3, -0.25) is 9.69 Å². The molecule has 1 atom stereocenters. The van der Waals surface area contributed by atoms with Crippen LogP contribution in [0.15, 0.2) is 35.5 Å². The van der Waals surface area contributed by atoms with Crippen molar-refractivity contribution in [2.75, 3.05) is 13.6 Å². The fourth-order valence-corrected chi connectivity index (χ4v) is 3.25. The second-order valence-corrected chi connectivity index (χ2v) is 6.41. The van der Waals surface area contributed by atoms with Crippen molar-refractivity contribution >= 4 is 11.9 Å². The van der Waals surface area contributed by atoms with E-state index in [9.17, 15) is 22.8 Å². The monoisotopic (exact) mass is 353 g/mol. The summed E-state index contributed by atoms with van der Waals surface area (Å²) >= 11 is 0. The number of carbonyl (C=O) groups is 2. The normalized spacial score (nSPS) is 21.2. The van der Waals surface area contributed by atoms with Gasteiger partial charge in [0.15, 0.2) is 0 Å². The molecule has 1 aromatic carbocycles. The van der Waals surface area contributed by atoms with Crippen LogP contribution in [0.1, 0.15) is 31.0 Å². The molecule has 3 amide bonds. The number of nitrogens with zero attached hydrogens (tertiary/aromatic N) is 2. The van der Waals surface area contributed by atoms with Gasteiger partial charge in [0, 0.05) is 13.1 Å². The van der Waals surface area contributed by atoms with Crippen LogP contribution in [0.2, 0.25) is 0 Å². The topological polar surface area (TPSA) is 52.7 Å². The largest absolute Gasteiger partial charge is 0.416 e. The molecule has 134 valence electrons. The molecule has 0 saturated heterocycles. The minimum Gasteiger partial charge on any atom is -0.331 e. The lowest BCUT2D eigenvalue weighted by atomic mass is 9.92. The predicted octanol–water partition coefficient (Wildman–Crippen LogP) is 2.91. The molecule has 0 bridgehead atoms. The van der Waals surface area contributed by atoms with Crippen molar-refractivity contribution in [3.63, 3.8) is 0 Å². The highest BCUT2D eigenvalue weighted by Crippen LogP contribution is 2.41. The lowest BCUT2D eigenvalue weighted by Crippen LogP contribution is -2.45. The van der Waals surface area contributed by atoms with Crippen LogP contribution in [0.5, 0.6) is 0 Å². The maximum atomic E-state index is 13.4. The van der Waals surface area contributed by atoms with Gasteiger partial charge in [0.25, 0.3) is 5.91 Å². The smallest absolute Gasteiger partial charge is 0.331 e. The van der Waals surface area contributed by atoms with Crippen LogP contribution in [0, 0.1) is 0 Å². The van der Waals surface area contributed by atoms with Crippen molar-refractivity contribution in [1.82, 2.24) is 15.1 Å². The molecule has 2 heterocycles. The summed E-state index contributed by atoms with van der Waals surface area (Å²) in [4.78, 5) is 27.9. The van der Waals surface area contributed by atoms with Gasteiger partial charge < -0.3 is 10.2 Å². The Morgan fingerprint density at radius 3 is 2.44 bits per heavy atom. The third kappa shape index (κ3) is 2.75. The van der Waals surface area contributed by atoms with E-state index in [-0.39, 0.29) is 29.6 Å². The van der Waals surface area contributed by atoms with Crippen LogP contribution in [0.3, 0.4) is 0 Å². The number of amides is 3. The minimum atomic E-state index is -4.58. The number of alkyl halides is 3. The molecule has 0 radical (unpaired) electrons. The zero-order valence-corrected chi connectivity index (χ0v) is 14.0. The molecular formula is C17H18F3N3O2. The van der Waals surface area contributed by atoms with E-state index in [1.54, 1.807) is 4.90 Å². The van der Waals surface area contributed by atoms with Gasteiger partial charge in [-0.1, -0.05) is 18.2 Å². The van der Waals surface area contributed by atoms with Crippen LogP contribution in [0.4, 0.5) is 18.0 Å². The fraction of sp³-hybridized carbons (Fsp3) is 0.412. The average Bonchev–Trinajstić information content (AvgIpc) is 2.88. The number of hydrogen-bond acceptors (Lipinski definition) is 2. The first kappa shape index (κ1) is 17.3. The van der Waals surface area contributed by atoms with Crippen LogP contribution < -0.4 is 5.32 Å². The van der Waals surface area contributed by atoms with E-state index in [2.05, 4.69) is 5.32 Å². The Morgan fingerprint density at radius 2 is 1.84 bits per heavy atom. The number of carbonyl (C=O) groups excluding carboxylic acids is 2. The summed E-state index contributed by atoms with van der Waals surface area (Å²) < 4.78 is 40.2. The maximum Gasteiger partial charge on any atom is 0.416 e. The molecule has 1 aromatic rings. The molecule has 2 aliphatic heterocycles. The van der Waals surface area contributed by atoms with Crippen molar-refractivity contribution in [2.24, 2.45) is 0 Å². The highest BCUT2D eigenvalue weighted by Gasteiger charge is 2.46. The first-order chi connectivity index (χ1) is 11.6. The molecular weight excluding hydrogens is 335 g/mol. The zero-order valence-electron chi connectivity index (χ0n) is 14.0. The molecule has 0 saturated carbocycles. The molecule has 8 heteroatoms. The quantitative estimate of drug-likeness (QED) is 0.889. The molecule has 2 aliphatic rings. The van der Waals surface area contributed by atoms with E-state index in [1.165, 1.54) is 30.1 Å². The van der Waals surface area contributed by atoms with Crippen molar-refractivity contribution in [2.45, 2.75) is 32.1 Å². The Hall–Kier alpha value is -2.51. The van der Waals surface area contributed by atoms with Gasteiger partial charge in [-0.2, -0.15) is 13.2 Å². The van der Waals surface area contributed by atoms with E-state index >= 15 is 0 Å². The Balaban J connectivity index is 2.15. The molecule has 0 aromatic heterocycles. The summed E-state index contributed by atoms with van der Waals surface area (Å²) in [6.45, 7) is 3.86.